The molecule has 252 valence electrons. The van der Waals surface area contributed by atoms with Gasteiger partial charge in [0.25, 0.3) is 0 Å². The Morgan fingerprint density at radius 2 is 1.12 bits per heavy atom. The maximum atomic E-state index is 5.10. The molecule has 52 heavy (non-hydrogen) atoms. The quantitative estimate of drug-likeness (QED) is 0.185. The van der Waals surface area contributed by atoms with Gasteiger partial charge in [0.15, 0.2) is 17.5 Å². The summed E-state index contributed by atoms with van der Waals surface area (Å²) in [6, 6.07) is 47.8. The summed E-state index contributed by atoms with van der Waals surface area (Å²) in [5.41, 5.74) is 9.90. The van der Waals surface area contributed by atoms with Crippen LogP contribution in [0.25, 0.3) is 81.8 Å². The van der Waals surface area contributed by atoms with Crippen LogP contribution in [0.1, 0.15) is 51.7 Å². The topological polar surface area (TPSA) is 43.6 Å². The lowest BCUT2D eigenvalue weighted by molar-refractivity contribution is 0.332. The van der Waals surface area contributed by atoms with E-state index in [-0.39, 0.29) is 10.8 Å². The summed E-state index contributed by atoms with van der Waals surface area (Å²) in [6.45, 7) is 9.66. The van der Waals surface area contributed by atoms with Gasteiger partial charge in [0, 0.05) is 53.3 Å². The van der Waals surface area contributed by atoms with Crippen molar-refractivity contribution in [3.8, 4) is 39.9 Å². The highest BCUT2D eigenvalue weighted by molar-refractivity contribution is 7.26. The summed E-state index contributed by atoms with van der Waals surface area (Å²) in [5, 5.41) is 5.02. The minimum Gasteiger partial charge on any atom is -0.309 e. The maximum absolute atomic E-state index is 5.10. The van der Waals surface area contributed by atoms with Crippen LogP contribution in [0, 0.1) is 0 Å². The van der Waals surface area contributed by atoms with Crippen LogP contribution in [-0.2, 0) is 10.8 Å². The molecule has 5 heteroatoms. The number of thiophene rings is 1. The van der Waals surface area contributed by atoms with E-state index in [1.165, 1.54) is 71.6 Å². The third-order valence-electron chi connectivity index (χ3n) is 11.3. The Labute approximate surface area is 307 Å². The minimum absolute atomic E-state index is 0.127. The predicted molar refractivity (Wildman–Crippen MR) is 219 cm³/mol. The van der Waals surface area contributed by atoms with Gasteiger partial charge in [0.2, 0.25) is 0 Å². The van der Waals surface area contributed by atoms with Crippen LogP contribution in [0.2, 0.25) is 0 Å². The van der Waals surface area contributed by atoms with E-state index >= 15 is 0 Å². The Morgan fingerprint density at radius 3 is 1.81 bits per heavy atom. The van der Waals surface area contributed by atoms with Gasteiger partial charge in [-0.25, -0.2) is 15.0 Å². The number of fused-ring (bicyclic) bond motifs is 7. The van der Waals surface area contributed by atoms with Crippen LogP contribution < -0.4 is 0 Å². The van der Waals surface area contributed by atoms with Crippen molar-refractivity contribution in [2.45, 2.75) is 51.4 Å². The molecule has 3 heterocycles. The first-order valence-corrected chi connectivity index (χ1v) is 19.0. The van der Waals surface area contributed by atoms with E-state index in [0.29, 0.717) is 17.5 Å². The smallest absolute Gasteiger partial charge is 0.164 e. The lowest BCUT2D eigenvalue weighted by Gasteiger charge is -2.42. The molecule has 0 radical (unpaired) electrons. The average molecular weight is 691 g/mol. The zero-order chi connectivity index (χ0) is 35.2. The van der Waals surface area contributed by atoms with Crippen molar-refractivity contribution in [2.75, 3.05) is 0 Å². The van der Waals surface area contributed by atoms with Crippen molar-refractivity contribution < 1.29 is 0 Å². The molecule has 0 unspecified atom stereocenters. The predicted octanol–water partition coefficient (Wildman–Crippen LogP) is 12.7. The number of benzene rings is 6. The van der Waals surface area contributed by atoms with E-state index in [9.17, 15) is 0 Å². The maximum Gasteiger partial charge on any atom is 0.164 e. The highest BCUT2D eigenvalue weighted by Crippen LogP contribution is 2.49. The van der Waals surface area contributed by atoms with Gasteiger partial charge in [-0.1, -0.05) is 125 Å². The van der Waals surface area contributed by atoms with Gasteiger partial charge in [-0.3, -0.25) is 0 Å². The summed E-state index contributed by atoms with van der Waals surface area (Å²) >= 11 is 1.83. The van der Waals surface area contributed by atoms with Gasteiger partial charge in [0.05, 0.1) is 11.0 Å². The lowest BCUT2D eigenvalue weighted by Crippen LogP contribution is -2.33. The summed E-state index contributed by atoms with van der Waals surface area (Å²) in [5.74, 6) is 2.02. The van der Waals surface area contributed by atoms with Gasteiger partial charge in [0.1, 0.15) is 0 Å². The van der Waals surface area contributed by atoms with Gasteiger partial charge < -0.3 is 4.57 Å². The summed E-state index contributed by atoms with van der Waals surface area (Å²) in [4.78, 5) is 15.1. The van der Waals surface area contributed by atoms with Crippen molar-refractivity contribution in [1.82, 2.24) is 19.5 Å². The number of nitrogens with zero attached hydrogens (tertiary/aromatic N) is 4. The molecule has 9 aromatic rings. The van der Waals surface area contributed by atoms with E-state index in [4.69, 9.17) is 15.0 Å². The Kier molecular flexibility index (Phi) is 6.84. The van der Waals surface area contributed by atoms with Crippen molar-refractivity contribution in [2.24, 2.45) is 0 Å². The second-order valence-electron chi connectivity index (χ2n) is 15.5. The molecule has 3 aromatic heterocycles. The van der Waals surface area contributed by atoms with Crippen LogP contribution in [0.4, 0.5) is 0 Å². The molecule has 0 aliphatic heterocycles. The third-order valence-corrected chi connectivity index (χ3v) is 12.4. The minimum atomic E-state index is 0.127. The van der Waals surface area contributed by atoms with E-state index in [1.54, 1.807) is 0 Å². The van der Waals surface area contributed by atoms with Crippen LogP contribution in [0.3, 0.4) is 0 Å². The molecule has 0 bridgehead atoms. The summed E-state index contributed by atoms with van der Waals surface area (Å²) < 4.78 is 4.94. The van der Waals surface area contributed by atoms with Gasteiger partial charge in [-0.2, -0.15) is 0 Å². The first-order valence-electron chi connectivity index (χ1n) is 18.2. The molecule has 0 fully saturated rings. The lowest BCUT2D eigenvalue weighted by atomic mass is 9.63. The number of hydrogen-bond donors (Lipinski definition) is 0. The Hall–Kier alpha value is -5.65. The number of hydrogen-bond acceptors (Lipinski definition) is 4. The molecular weight excluding hydrogens is 653 g/mol. The Bertz CT molecular complexity index is 2790. The van der Waals surface area contributed by atoms with Gasteiger partial charge in [-0.15, -0.1) is 11.3 Å². The summed E-state index contributed by atoms with van der Waals surface area (Å²) in [7, 11) is 0. The van der Waals surface area contributed by atoms with E-state index < -0.39 is 0 Å². The second kappa shape index (κ2) is 11.4. The van der Waals surface area contributed by atoms with Crippen LogP contribution in [0.5, 0.6) is 0 Å². The molecule has 0 spiro atoms. The molecule has 6 aromatic carbocycles. The third kappa shape index (κ3) is 4.83. The van der Waals surface area contributed by atoms with Crippen molar-refractivity contribution in [3.63, 3.8) is 0 Å². The Morgan fingerprint density at radius 1 is 0.500 bits per heavy atom. The molecule has 1 aliphatic carbocycles. The van der Waals surface area contributed by atoms with Crippen LogP contribution >= 0.6 is 11.3 Å². The van der Waals surface area contributed by atoms with Crippen LogP contribution in [0.15, 0.2) is 133 Å². The molecule has 0 N–H and O–H groups in total. The molecule has 10 rings (SSSR count). The first kappa shape index (κ1) is 31.1. The largest absolute Gasteiger partial charge is 0.309 e. The Balaban J connectivity index is 1.18. The molecule has 4 nitrogen and oxygen atoms in total. The van der Waals surface area contributed by atoms with Gasteiger partial charge in [-0.05, 0) is 71.2 Å². The van der Waals surface area contributed by atoms with E-state index in [0.717, 1.165) is 16.7 Å². The zero-order valence-electron chi connectivity index (χ0n) is 29.8. The monoisotopic (exact) mass is 690 g/mol. The highest BCUT2D eigenvalue weighted by Gasteiger charge is 2.38. The van der Waals surface area contributed by atoms with Crippen molar-refractivity contribution in [3.05, 3.63) is 145 Å². The van der Waals surface area contributed by atoms with Crippen molar-refractivity contribution in [1.29, 1.82) is 0 Å². The molecule has 0 amide bonds. The van der Waals surface area contributed by atoms with E-state index in [2.05, 4.69) is 129 Å². The summed E-state index contributed by atoms with van der Waals surface area (Å²) in [6.07, 6.45) is 2.39. The number of rotatable bonds is 4. The number of para-hydroxylation sites is 1. The van der Waals surface area contributed by atoms with Gasteiger partial charge >= 0.3 is 0 Å². The average Bonchev–Trinajstić information content (AvgIpc) is 3.72. The number of aromatic nitrogens is 4. The molecular formula is C47H38N4S. The molecule has 0 atom stereocenters. The zero-order valence-corrected chi connectivity index (χ0v) is 30.6. The fourth-order valence-electron chi connectivity index (χ4n) is 8.38. The van der Waals surface area contributed by atoms with Crippen molar-refractivity contribution >= 4 is 53.3 Å². The van der Waals surface area contributed by atoms with E-state index in [1.807, 2.05) is 47.7 Å². The molecule has 0 saturated carbocycles. The van der Waals surface area contributed by atoms with Crippen LogP contribution in [-0.4, -0.2) is 19.5 Å². The molecule has 1 aliphatic rings. The normalized spacial score (nSPS) is 15.1. The fourth-order valence-corrected chi connectivity index (χ4v) is 9.54. The first-order chi connectivity index (χ1) is 25.2. The SMILES string of the molecule is CC1(C)CCC(C)(C)c2cc3c(cc21)c1ccccc1n3-c1ccc2c(c1)sc1cccc(-c3nc(-c4ccccc4)nc(-c4ccccc4)n3)c12. The standard InChI is InChI=1S/C47H38N4S/c1-46(2)24-25-47(3,4)37-28-39-35(27-36(37)46)32-18-11-12-20-38(32)51(39)31-22-23-33-41(26-31)52-40-21-13-19-34(42(33)40)45-49-43(29-14-7-5-8-15-29)48-44(50-45)30-16-9-6-10-17-30/h5-23,26-28H,24-25H2,1-4H3. The highest BCUT2D eigenvalue weighted by atomic mass is 32.1. The fraction of sp³-hybridized carbons (Fsp3) is 0.170. The second-order valence-corrected chi connectivity index (χ2v) is 16.6. The molecule has 0 saturated heterocycles.